The number of aliphatic carboxylic acids is 1. The normalized spacial score (nSPS) is 49.0. The van der Waals surface area contributed by atoms with Crippen LogP contribution in [0.4, 0.5) is 0 Å². The van der Waals surface area contributed by atoms with Crippen molar-refractivity contribution in [3.8, 4) is 0 Å². The fraction of sp³-hybridized carbons (Fsp3) is 0.833. The van der Waals surface area contributed by atoms with Gasteiger partial charge in [0.25, 0.3) is 0 Å². The van der Waals surface area contributed by atoms with Gasteiger partial charge in [-0.2, -0.15) is 0 Å². The first kappa shape index (κ1) is 19.4. The predicted octanol–water partition coefficient (Wildman–Crippen LogP) is 3.68. The zero-order valence-corrected chi connectivity index (χ0v) is 17.5. The smallest absolute Gasteiger partial charge is 0.303 e. The second-order valence-electron chi connectivity index (χ2n) is 11.0. The van der Waals surface area contributed by atoms with Gasteiger partial charge < -0.3 is 5.11 Å². The summed E-state index contributed by atoms with van der Waals surface area (Å²) >= 11 is 0. The molecular formula is C24H32O5. The zero-order chi connectivity index (χ0) is 20.7. The highest BCUT2D eigenvalue weighted by molar-refractivity contribution is 5.95. The fourth-order valence-electron chi connectivity index (χ4n) is 8.80. The number of carboxylic acids is 1. The number of carbonyl (C=O) groups excluding carboxylic acids is 3. The summed E-state index contributed by atoms with van der Waals surface area (Å²) < 4.78 is 0. The van der Waals surface area contributed by atoms with Gasteiger partial charge in [0.2, 0.25) is 0 Å². The summed E-state index contributed by atoms with van der Waals surface area (Å²) in [4.78, 5) is 50.0. The van der Waals surface area contributed by atoms with E-state index >= 15 is 0 Å². The lowest BCUT2D eigenvalue weighted by Crippen LogP contribution is -2.58. The van der Waals surface area contributed by atoms with Gasteiger partial charge in [-0.05, 0) is 66.6 Å². The topological polar surface area (TPSA) is 88.5 Å². The first-order valence-electron chi connectivity index (χ1n) is 11.5. The minimum absolute atomic E-state index is 0.0242. The molecule has 9 unspecified atom stereocenters. The van der Waals surface area contributed by atoms with Crippen molar-refractivity contribution in [2.24, 2.45) is 52.3 Å². The van der Waals surface area contributed by atoms with Gasteiger partial charge in [-0.1, -0.05) is 13.8 Å². The molecule has 0 amide bonds. The molecule has 0 aromatic carbocycles. The Bertz CT molecular complexity index is 801. The Kier molecular flexibility index (Phi) is 4.19. The van der Waals surface area contributed by atoms with Crippen LogP contribution in [0.1, 0.15) is 71.6 Å². The molecule has 5 nitrogen and oxygen atoms in total. The summed E-state index contributed by atoms with van der Waals surface area (Å²) in [7, 11) is 0. The minimum Gasteiger partial charge on any atom is -0.481 e. The molecule has 5 rings (SSSR count). The molecule has 0 heterocycles. The molecule has 1 N–H and O–H groups in total. The molecular weight excluding hydrogens is 368 g/mol. The maximum absolute atomic E-state index is 13.6. The second kappa shape index (κ2) is 6.24. The van der Waals surface area contributed by atoms with Crippen LogP contribution in [-0.2, 0) is 19.2 Å². The second-order valence-corrected chi connectivity index (χ2v) is 11.0. The molecule has 0 aromatic rings. The first-order valence-corrected chi connectivity index (χ1v) is 11.5. The number of hydrogen-bond acceptors (Lipinski definition) is 4. The lowest BCUT2D eigenvalue weighted by atomic mass is 9.45. The Morgan fingerprint density at radius 1 is 1.10 bits per heavy atom. The maximum Gasteiger partial charge on any atom is 0.303 e. The Morgan fingerprint density at radius 3 is 2.55 bits per heavy atom. The van der Waals surface area contributed by atoms with Crippen molar-refractivity contribution in [2.75, 3.05) is 0 Å². The molecule has 9 atom stereocenters. The van der Waals surface area contributed by atoms with Gasteiger partial charge >= 0.3 is 5.97 Å². The predicted molar refractivity (Wildman–Crippen MR) is 105 cm³/mol. The van der Waals surface area contributed by atoms with E-state index in [0.717, 1.165) is 19.3 Å². The SMILES string of the molecule is CC(CCC(=O)O)C1C2CCC3C4C(=O)CC5CC(=O)CCC5(C)C4CC(=O)C321. The van der Waals surface area contributed by atoms with Crippen LogP contribution in [0.3, 0.4) is 0 Å². The summed E-state index contributed by atoms with van der Waals surface area (Å²) in [5.41, 5.74) is -0.413. The highest BCUT2D eigenvalue weighted by atomic mass is 16.4. The maximum atomic E-state index is 13.6. The van der Waals surface area contributed by atoms with Gasteiger partial charge in [0.1, 0.15) is 17.3 Å². The molecule has 5 heteroatoms. The van der Waals surface area contributed by atoms with Crippen LogP contribution >= 0.6 is 0 Å². The van der Waals surface area contributed by atoms with Crippen molar-refractivity contribution in [2.45, 2.75) is 71.6 Å². The van der Waals surface area contributed by atoms with Crippen molar-refractivity contribution in [3.63, 3.8) is 0 Å². The van der Waals surface area contributed by atoms with Gasteiger partial charge in [-0.3, -0.25) is 19.2 Å². The number of rotatable bonds is 4. The molecule has 0 aliphatic heterocycles. The molecule has 5 saturated carbocycles. The fourth-order valence-corrected chi connectivity index (χ4v) is 8.80. The Labute approximate surface area is 172 Å². The van der Waals surface area contributed by atoms with Crippen molar-refractivity contribution < 1.29 is 24.3 Å². The van der Waals surface area contributed by atoms with Crippen molar-refractivity contribution in [3.05, 3.63) is 0 Å². The number of carboxylic acid groups (broad SMARTS) is 1. The highest BCUT2D eigenvalue weighted by Crippen LogP contribution is 2.79. The van der Waals surface area contributed by atoms with E-state index in [1.165, 1.54) is 0 Å². The van der Waals surface area contributed by atoms with Crippen LogP contribution in [0.5, 0.6) is 0 Å². The standard InChI is InChI=1S/C24H32O5/c1-12(3-6-20(28)29)22-16-5-4-15-21-17(11-19(27)24(15,16)22)23(2)8-7-14(25)9-13(23)10-18(21)26/h12-13,15-17,21-22H,3-11H2,1-2H3,(H,28,29). The first-order chi connectivity index (χ1) is 13.7. The van der Waals surface area contributed by atoms with Gasteiger partial charge in [0.15, 0.2) is 0 Å². The van der Waals surface area contributed by atoms with E-state index < -0.39 is 5.97 Å². The lowest BCUT2D eigenvalue weighted by Gasteiger charge is -2.57. The van der Waals surface area contributed by atoms with E-state index in [1.807, 2.05) is 0 Å². The van der Waals surface area contributed by atoms with Crippen LogP contribution < -0.4 is 0 Å². The largest absolute Gasteiger partial charge is 0.481 e. The van der Waals surface area contributed by atoms with Crippen LogP contribution in [0.25, 0.3) is 0 Å². The number of hydrogen-bond donors (Lipinski definition) is 1. The van der Waals surface area contributed by atoms with E-state index in [2.05, 4.69) is 13.8 Å². The Hall–Kier alpha value is -1.52. The quantitative estimate of drug-likeness (QED) is 0.778. The molecule has 5 fully saturated rings. The molecule has 0 bridgehead atoms. The third-order valence-corrected chi connectivity index (χ3v) is 10.1. The van der Waals surface area contributed by atoms with E-state index in [9.17, 15) is 19.2 Å². The van der Waals surface area contributed by atoms with Crippen molar-refractivity contribution in [1.82, 2.24) is 0 Å². The van der Waals surface area contributed by atoms with E-state index in [-0.39, 0.29) is 58.5 Å². The Morgan fingerprint density at radius 2 is 1.83 bits per heavy atom. The summed E-state index contributed by atoms with van der Waals surface area (Å²) in [6.45, 7) is 4.34. The van der Waals surface area contributed by atoms with Crippen molar-refractivity contribution >= 4 is 23.3 Å². The molecule has 5 aliphatic rings. The van der Waals surface area contributed by atoms with Crippen LogP contribution in [0, 0.1) is 52.3 Å². The number of Topliss-reactive ketones (excluding diaryl/α,β-unsaturated/α-hetero) is 3. The van der Waals surface area contributed by atoms with Crippen molar-refractivity contribution in [1.29, 1.82) is 0 Å². The highest BCUT2D eigenvalue weighted by Gasteiger charge is 2.79. The third-order valence-electron chi connectivity index (χ3n) is 10.1. The molecule has 0 radical (unpaired) electrons. The van der Waals surface area contributed by atoms with Gasteiger partial charge in [-0.25, -0.2) is 0 Å². The van der Waals surface area contributed by atoms with E-state index in [0.29, 0.717) is 49.6 Å². The third kappa shape index (κ3) is 2.45. The summed E-state index contributed by atoms with van der Waals surface area (Å²) in [5.74, 6) is 1.32. The molecule has 1 spiro atoms. The van der Waals surface area contributed by atoms with E-state index in [1.54, 1.807) is 0 Å². The molecule has 5 aliphatic carbocycles. The lowest BCUT2D eigenvalue weighted by molar-refractivity contribution is -0.160. The summed E-state index contributed by atoms with van der Waals surface area (Å²) in [6, 6.07) is 0. The molecule has 29 heavy (non-hydrogen) atoms. The van der Waals surface area contributed by atoms with Gasteiger partial charge in [0.05, 0.1) is 0 Å². The van der Waals surface area contributed by atoms with Crippen LogP contribution in [-0.4, -0.2) is 28.4 Å². The summed E-state index contributed by atoms with van der Waals surface area (Å²) in [6.07, 6.45) is 5.65. The van der Waals surface area contributed by atoms with Gasteiger partial charge in [0, 0.05) is 43.4 Å². The number of ketones is 3. The Balaban J connectivity index is 1.45. The summed E-state index contributed by atoms with van der Waals surface area (Å²) in [5, 5.41) is 9.06. The monoisotopic (exact) mass is 400 g/mol. The number of carbonyl (C=O) groups is 4. The van der Waals surface area contributed by atoms with Crippen LogP contribution in [0.15, 0.2) is 0 Å². The number of fused-ring (bicyclic) bond motifs is 4. The minimum atomic E-state index is -0.778. The van der Waals surface area contributed by atoms with Crippen LogP contribution in [0.2, 0.25) is 0 Å². The zero-order valence-electron chi connectivity index (χ0n) is 17.5. The average Bonchev–Trinajstić information content (AvgIpc) is 3.16. The molecule has 0 saturated heterocycles. The van der Waals surface area contributed by atoms with Gasteiger partial charge in [-0.15, -0.1) is 0 Å². The van der Waals surface area contributed by atoms with E-state index in [4.69, 9.17) is 5.11 Å². The average molecular weight is 401 g/mol. The molecule has 0 aromatic heterocycles. The molecule has 158 valence electrons.